The van der Waals surface area contributed by atoms with Gasteiger partial charge in [-0.1, -0.05) is 36.8 Å². The van der Waals surface area contributed by atoms with E-state index < -0.39 is 11.6 Å². The molecule has 2 heterocycles. The molecule has 0 aromatic heterocycles. The Morgan fingerprint density at radius 1 is 0.857 bits per heavy atom. The second-order valence-electron chi connectivity index (χ2n) is 11.8. The average Bonchev–Trinajstić information content (AvgIpc) is 3.59. The lowest BCUT2D eigenvalue weighted by molar-refractivity contribution is -0.149. The first-order chi connectivity index (χ1) is 16.9. The van der Waals surface area contributed by atoms with Crippen molar-refractivity contribution in [3.05, 3.63) is 58.2 Å². The van der Waals surface area contributed by atoms with Crippen LogP contribution < -0.4 is 0 Å². The molecule has 0 amide bonds. The number of hydrogen-bond acceptors (Lipinski definition) is 5. The molecule has 4 atom stereocenters. The van der Waals surface area contributed by atoms with Crippen molar-refractivity contribution in [3.63, 3.8) is 0 Å². The number of carbonyl (C=O) groups excluding carboxylic acids is 1. The van der Waals surface area contributed by atoms with Gasteiger partial charge in [-0.3, -0.25) is 4.79 Å². The Labute approximate surface area is 207 Å². The molecule has 186 valence electrons. The molecule has 0 N–H and O–H groups in total. The average molecular weight is 477 g/mol. The van der Waals surface area contributed by atoms with Gasteiger partial charge in [0, 0.05) is 29.7 Å². The Morgan fingerprint density at radius 3 is 2.31 bits per heavy atom. The van der Waals surface area contributed by atoms with Crippen LogP contribution >= 0.6 is 0 Å². The second kappa shape index (κ2) is 7.85. The van der Waals surface area contributed by atoms with E-state index in [1.165, 1.54) is 16.7 Å². The van der Waals surface area contributed by atoms with E-state index in [1.807, 2.05) is 6.92 Å². The van der Waals surface area contributed by atoms with Crippen LogP contribution in [-0.2, 0) is 29.5 Å². The molecule has 4 fully saturated rings. The lowest BCUT2D eigenvalue weighted by Gasteiger charge is -2.51. The Hall–Kier alpha value is -1.79. The highest BCUT2D eigenvalue weighted by Gasteiger charge is 2.57. The largest absolute Gasteiger partial charge is 0.344 e. The molecule has 1 aromatic rings. The molecule has 1 aromatic carbocycles. The second-order valence-corrected chi connectivity index (χ2v) is 11.8. The molecule has 5 heteroatoms. The van der Waals surface area contributed by atoms with Gasteiger partial charge in [0.15, 0.2) is 11.6 Å². The summed E-state index contributed by atoms with van der Waals surface area (Å²) < 4.78 is 23.9. The van der Waals surface area contributed by atoms with Crippen molar-refractivity contribution in [2.24, 2.45) is 17.3 Å². The van der Waals surface area contributed by atoms with E-state index in [9.17, 15) is 4.79 Å². The van der Waals surface area contributed by atoms with E-state index in [2.05, 4.69) is 37.3 Å². The fourth-order valence-electron chi connectivity index (χ4n) is 8.25. The fourth-order valence-corrected chi connectivity index (χ4v) is 8.25. The van der Waals surface area contributed by atoms with Gasteiger partial charge in [-0.05, 0) is 73.6 Å². The van der Waals surface area contributed by atoms with E-state index in [0.717, 1.165) is 50.5 Å². The number of fused-ring (bicyclic) bond motifs is 4. The van der Waals surface area contributed by atoms with Crippen LogP contribution in [0.2, 0.25) is 0 Å². The highest BCUT2D eigenvalue weighted by molar-refractivity contribution is 5.87. The summed E-state index contributed by atoms with van der Waals surface area (Å²) in [6.45, 7) is 6.89. The number of rotatable bonds is 2. The molecule has 4 aliphatic carbocycles. The molecule has 7 rings (SSSR count). The SMILES string of the molecule is CC1(c2ccc(C3C[C@]4(C)C(=O)CCC4C4CCC5=CC6(CCC5=C34)OCCO6)cc2)OCCO1. The van der Waals surface area contributed by atoms with Crippen LogP contribution in [0.15, 0.2) is 47.1 Å². The minimum atomic E-state index is -0.659. The van der Waals surface area contributed by atoms with Crippen molar-refractivity contribution >= 4 is 5.78 Å². The van der Waals surface area contributed by atoms with E-state index in [4.69, 9.17) is 18.9 Å². The minimum Gasteiger partial charge on any atom is -0.344 e. The summed E-state index contributed by atoms with van der Waals surface area (Å²) in [5.74, 6) is 0.554. The van der Waals surface area contributed by atoms with Crippen molar-refractivity contribution in [1.82, 2.24) is 0 Å². The van der Waals surface area contributed by atoms with Crippen LogP contribution in [0.3, 0.4) is 0 Å². The summed E-state index contributed by atoms with van der Waals surface area (Å²) >= 11 is 0. The van der Waals surface area contributed by atoms with Crippen molar-refractivity contribution < 1.29 is 23.7 Å². The quantitative estimate of drug-likeness (QED) is 0.560. The number of carbonyl (C=O) groups is 1. The number of benzene rings is 1. The Kier molecular flexibility index (Phi) is 5.03. The predicted molar refractivity (Wildman–Crippen MR) is 131 cm³/mol. The maximum atomic E-state index is 13.2. The normalized spacial score (nSPS) is 37.3. The molecular weight excluding hydrogens is 440 g/mol. The monoisotopic (exact) mass is 476 g/mol. The Morgan fingerprint density at radius 2 is 1.57 bits per heavy atom. The summed E-state index contributed by atoms with van der Waals surface area (Å²) in [6, 6.07) is 8.86. The molecule has 35 heavy (non-hydrogen) atoms. The Bertz CT molecular complexity index is 1100. The van der Waals surface area contributed by atoms with Gasteiger partial charge < -0.3 is 18.9 Å². The third kappa shape index (κ3) is 3.31. The van der Waals surface area contributed by atoms with E-state index in [-0.39, 0.29) is 11.3 Å². The van der Waals surface area contributed by atoms with Crippen molar-refractivity contribution in [2.45, 2.75) is 76.3 Å². The van der Waals surface area contributed by atoms with Gasteiger partial charge in [0.05, 0.1) is 26.4 Å². The van der Waals surface area contributed by atoms with Gasteiger partial charge in [0.1, 0.15) is 5.78 Å². The van der Waals surface area contributed by atoms with Crippen LogP contribution in [0.5, 0.6) is 0 Å². The van der Waals surface area contributed by atoms with Crippen molar-refractivity contribution in [1.29, 1.82) is 0 Å². The first-order valence-electron chi connectivity index (χ1n) is 13.6. The summed E-state index contributed by atoms with van der Waals surface area (Å²) in [4.78, 5) is 13.2. The topological polar surface area (TPSA) is 54.0 Å². The van der Waals surface area contributed by atoms with Gasteiger partial charge in [0.25, 0.3) is 0 Å². The summed E-state index contributed by atoms with van der Waals surface area (Å²) in [5.41, 5.74) is 6.74. The maximum Gasteiger partial charge on any atom is 0.192 e. The molecule has 2 saturated carbocycles. The lowest BCUT2D eigenvalue weighted by Crippen LogP contribution is -2.44. The molecule has 0 radical (unpaired) electrons. The molecular formula is C30H36O5. The minimum absolute atomic E-state index is 0.212. The number of allylic oxidation sites excluding steroid dienone is 3. The van der Waals surface area contributed by atoms with Gasteiger partial charge in [-0.2, -0.15) is 0 Å². The van der Waals surface area contributed by atoms with E-state index in [1.54, 1.807) is 5.57 Å². The zero-order valence-electron chi connectivity index (χ0n) is 20.9. The number of ether oxygens (including phenoxy) is 4. The first-order valence-corrected chi connectivity index (χ1v) is 13.6. The van der Waals surface area contributed by atoms with Gasteiger partial charge in [-0.25, -0.2) is 0 Å². The molecule has 1 spiro atoms. The molecule has 0 bridgehead atoms. The number of ketones is 1. The Balaban J connectivity index is 1.32. The zero-order chi connectivity index (χ0) is 23.8. The lowest BCUT2D eigenvalue weighted by atomic mass is 9.53. The summed E-state index contributed by atoms with van der Waals surface area (Å²) in [7, 11) is 0. The third-order valence-electron chi connectivity index (χ3n) is 10.1. The standard InChI is InChI=1S/C30H36O5/c1-28-18-24(19-3-6-21(7-4-19)29(2)32-13-14-33-29)27-22-11-12-30(34-15-16-35-30)17-20(22)5-8-23(27)25(28)9-10-26(28)31/h3-4,6-7,17,23-25H,5,8-16,18H2,1-2H3/t23?,24?,25?,28-/m0/s1. The van der Waals surface area contributed by atoms with Crippen molar-refractivity contribution in [3.8, 4) is 0 Å². The van der Waals surface area contributed by atoms with Crippen LogP contribution in [0.4, 0.5) is 0 Å². The molecule has 2 aliphatic heterocycles. The zero-order valence-corrected chi connectivity index (χ0v) is 20.9. The summed E-state index contributed by atoms with van der Waals surface area (Å²) in [5, 5.41) is 0. The maximum absolute atomic E-state index is 13.2. The molecule has 3 unspecified atom stereocenters. The van der Waals surface area contributed by atoms with E-state index in [0.29, 0.717) is 44.0 Å². The fraction of sp³-hybridized carbons (Fsp3) is 0.633. The van der Waals surface area contributed by atoms with Crippen LogP contribution in [0.1, 0.15) is 75.8 Å². The number of hydrogen-bond donors (Lipinski definition) is 0. The van der Waals surface area contributed by atoms with Gasteiger partial charge >= 0.3 is 0 Å². The van der Waals surface area contributed by atoms with Crippen LogP contribution in [-0.4, -0.2) is 38.0 Å². The summed E-state index contributed by atoms with van der Waals surface area (Å²) in [6.07, 6.45) is 9.09. The van der Waals surface area contributed by atoms with Crippen LogP contribution in [0, 0.1) is 17.3 Å². The van der Waals surface area contributed by atoms with Crippen LogP contribution in [0.25, 0.3) is 0 Å². The first kappa shape index (κ1) is 22.4. The predicted octanol–water partition coefficient (Wildman–Crippen LogP) is 5.55. The molecule has 6 aliphatic rings. The van der Waals surface area contributed by atoms with Crippen molar-refractivity contribution in [2.75, 3.05) is 26.4 Å². The highest BCUT2D eigenvalue weighted by atomic mass is 16.7. The molecule has 2 saturated heterocycles. The van der Waals surface area contributed by atoms with Gasteiger partial charge in [0.2, 0.25) is 0 Å². The van der Waals surface area contributed by atoms with E-state index >= 15 is 0 Å². The third-order valence-corrected chi connectivity index (χ3v) is 10.1. The highest BCUT2D eigenvalue weighted by Crippen LogP contribution is 2.63. The smallest absolute Gasteiger partial charge is 0.192 e. The van der Waals surface area contributed by atoms with Gasteiger partial charge in [-0.15, -0.1) is 0 Å². The number of Topliss-reactive ketones (excluding diaryl/α,β-unsaturated/α-hetero) is 1. The molecule has 5 nitrogen and oxygen atoms in total.